The van der Waals surface area contributed by atoms with Gasteiger partial charge in [0.05, 0.1) is 12.2 Å². The topological polar surface area (TPSA) is 80.7 Å². The van der Waals surface area contributed by atoms with Crippen LogP contribution in [0, 0.1) is 0 Å². The third-order valence-electron chi connectivity index (χ3n) is 2.54. The molecular weight excluding hydrogens is 260 g/mol. The zero-order chi connectivity index (χ0) is 15.1. The van der Waals surface area contributed by atoms with Gasteiger partial charge in [0, 0.05) is 12.5 Å². The molecule has 0 spiro atoms. The molecule has 0 unspecified atom stereocenters. The molecule has 0 aliphatic carbocycles. The predicted octanol–water partition coefficient (Wildman–Crippen LogP) is 2.09. The molecule has 0 fully saturated rings. The summed E-state index contributed by atoms with van der Waals surface area (Å²) in [5.41, 5.74) is 1.29. The molecule has 0 bridgehead atoms. The van der Waals surface area contributed by atoms with E-state index in [-0.39, 0.29) is 24.4 Å². The molecule has 0 heterocycles. The second-order valence-electron chi connectivity index (χ2n) is 4.14. The summed E-state index contributed by atoms with van der Waals surface area (Å²) in [5, 5.41) is 8.66. The van der Waals surface area contributed by atoms with Crippen molar-refractivity contribution in [1.82, 2.24) is 0 Å². The maximum absolute atomic E-state index is 11.9. The second-order valence-corrected chi connectivity index (χ2v) is 4.14. The van der Waals surface area contributed by atoms with Gasteiger partial charge < -0.3 is 9.84 Å². The van der Waals surface area contributed by atoms with Crippen molar-refractivity contribution in [2.45, 2.75) is 20.3 Å². The number of ketones is 1. The Balaban J connectivity index is 3.29. The Hall–Kier alpha value is -2.43. The second kappa shape index (κ2) is 7.23. The molecule has 0 radical (unpaired) electrons. The van der Waals surface area contributed by atoms with E-state index >= 15 is 0 Å². The highest BCUT2D eigenvalue weighted by molar-refractivity contribution is 5.95. The minimum absolute atomic E-state index is 0.0499. The largest absolute Gasteiger partial charge is 0.478 e. The van der Waals surface area contributed by atoms with E-state index in [0.29, 0.717) is 11.1 Å². The van der Waals surface area contributed by atoms with Crippen LogP contribution in [0.3, 0.4) is 0 Å². The number of carbonyl (C=O) groups excluding carboxylic acids is 2. The first-order valence-corrected chi connectivity index (χ1v) is 6.15. The minimum Gasteiger partial charge on any atom is -0.478 e. The summed E-state index contributed by atoms with van der Waals surface area (Å²) in [5.74, 6) is -1.73. The van der Waals surface area contributed by atoms with Crippen molar-refractivity contribution in [3.8, 4) is 0 Å². The maximum Gasteiger partial charge on any atom is 0.338 e. The van der Waals surface area contributed by atoms with Crippen LogP contribution in [0.2, 0.25) is 0 Å². The maximum atomic E-state index is 11.9. The summed E-state index contributed by atoms with van der Waals surface area (Å²) in [6.45, 7) is 3.33. The zero-order valence-electron chi connectivity index (χ0n) is 11.4. The lowest BCUT2D eigenvalue weighted by atomic mass is 9.96. The average Bonchev–Trinajstić information content (AvgIpc) is 2.36. The summed E-state index contributed by atoms with van der Waals surface area (Å²) < 4.78 is 4.94. The van der Waals surface area contributed by atoms with Gasteiger partial charge in [-0.2, -0.15) is 0 Å². The lowest BCUT2D eigenvalue weighted by molar-refractivity contribution is -0.131. The fourth-order valence-corrected chi connectivity index (χ4v) is 1.77. The number of ether oxygens (including phenoxy) is 1. The first-order chi connectivity index (χ1) is 9.45. The van der Waals surface area contributed by atoms with Gasteiger partial charge >= 0.3 is 11.9 Å². The van der Waals surface area contributed by atoms with Crippen molar-refractivity contribution < 1.29 is 24.2 Å². The third kappa shape index (κ3) is 4.35. The van der Waals surface area contributed by atoms with Gasteiger partial charge in [0.15, 0.2) is 0 Å². The van der Waals surface area contributed by atoms with Crippen molar-refractivity contribution in [2.75, 3.05) is 6.61 Å². The molecule has 0 atom stereocenters. The lowest BCUT2D eigenvalue weighted by Crippen LogP contribution is -2.11. The van der Waals surface area contributed by atoms with Gasteiger partial charge in [-0.15, -0.1) is 0 Å². The van der Waals surface area contributed by atoms with Crippen molar-refractivity contribution in [3.63, 3.8) is 0 Å². The molecule has 20 heavy (non-hydrogen) atoms. The average molecular weight is 276 g/mol. The van der Waals surface area contributed by atoms with Crippen molar-refractivity contribution in [3.05, 3.63) is 41.0 Å². The lowest BCUT2D eigenvalue weighted by Gasteiger charge is -2.10. The van der Waals surface area contributed by atoms with Gasteiger partial charge in [0.1, 0.15) is 5.78 Å². The number of rotatable bonds is 6. The molecule has 0 aromatic heterocycles. The van der Waals surface area contributed by atoms with Gasteiger partial charge in [-0.05, 0) is 37.1 Å². The normalized spacial score (nSPS) is 10.5. The fourth-order valence-electron chi connectivity index (χ4n) is 1.77. The summed E-state index contributed by atoms with van der Waals surface area (Å²) in [6.07, 6.45) is 2.38. The van der Waals surface area contributed by atoms with Gasteiger partial charge in [-0.1, -0.05) is 12.1 Å². The highest BCUT2D eigenvalue weighted by Gasteiger charge is 2.16. The van der Waals surface area contributed by atoms with E-state index in [0.717, 1.165) is 6.08 Å². The minimum atomic E-state index is -1.10. The smallest absolute Gasteiger partial charge is 0.338 e. The Kier molecular flexibility index (Phi) is 5.65. The van der Waals surface area contributed by atoms with Crippen LogP contribution < -0.4 is 0 Å². The summed E-state index contributed by atoms with van der Waals surface area (Å²) >= 11 is 0. The Bertz CT molecular complexity index is 557. The number of benzene rings is 1. The van der Waals surface area contributed by atoms with Crippen LogP contribution in [-0.4, -0.2) is 29.4 Å². The molecule has 5 heteroatoms. The number of carbonyl (C=O) groups is 3. The highest BCUT2D eigenvalue weighted by Crippen LogP contribution is 2.19. The molecule has 1 N–H and O–H groups in total. The van der Waals surface area contributed by atoms with Crippen LogP contribution in [0.15, 0.2) is 24.3 Å². The van der Waals surface area contributed by atoms with Crippen LogP contribution in [0.4, 0.5) is 0 Å². The summed E-state index contributed by atoms with van der Waals surface area (Å²) in [7, 11) is 0. The summed E-state index contributed by atoms with van der Waals surface area (Å²) in [6, 6.07) is 4.84. The molecular formula is C15H16O5. The molecule has 0 aliphatic rings. The number of carboxylic acid groups (broad SMARTS) is 1. The molecule has 0 amide bonds. The zero-order valence-corrected chi connectivity index (χ0v) is 11.4. The Morgan fingerprint density at radius 3 is 2.55 bits per heavy atom. The monoisotopic (exact) mass is 276 g/mol. The van der Waals surface area contributed by atoms with Gasteiger partial charge in [-0.3, -0.25) is 4.79 Å². The number of hydrogen-bond acceptors (Lipinski definition) is 4. The SMILES string of the molecule is CCOC(=O)c1cccc(/C=C/C(=O)O)c1CC(C)=O. The third-order valence-corrected chi connectivity index (χ3v) is 2.54. The molecule has 1 aromatic carbocycles. The van der Waals surface area contributed by atoms with Crippen molar-refractivity contribution >= 4 is 23.8 Å². The van der Waals surface area contributed by atoms with E-state index in [4.69, 9.17) is 9.84 Å². The molecule has 106 valence electrons. The van der Waals surface area contributed by atoms with Crippen molar-refractivity contribution in [2.24, 2.45) is 0 Å². The van der Waals surface area contributed by atoms with Crippen LogP contribution in [0.25, 0.3) is 6.08 Å². The number of Topliss-reactive ketones (excluding diaryl/α,β-unsaturated/α-hetero) is 1. The van der Waals surface area contributed by atoms with Gasteiger partial charge in [0.25, 0.3) is 0 Å². The van der Waals surface area contributed by atoms with E-state index in [1.807, 2.05) is 0 Å². The molecule has 5 nitrogen and oxygen atoms in total. The molecule has 1 rings (SSSR count). The standard InChI is InChI=1S/C15H16O5/c1-3-20-15(19)12-6-4-5-11(7-8-14(17)18)13(12)9-10(2)16/h4-8H,3,9H2,1-2H3,(H,17,18)/b8-7+. The van der Waals surface area contributed by atoms with Crippen LogP contribution >= 0.6 is 0 Å². The molecule has 0 aliphatic heterocycles. The molecule has 1 aromatic rings. The highest BCUT2D eigenvalue weighted by atomic mass is 16.5. The van der Waals surface area contributed by atoms with E-state index in [9.17, 15) is 14.4 Å². The van der Waals surface area contributed by atoms with Crippen molar-refractivity contribution in [1.29, 1.82) is 0 Å². The predicted molar refractivity (Wildman–Crippen MR) is 73.5 cm³/mol. The first kappa shape index (κ1) is 15.6. The Labute approximate surface area is 116 Å². The van der Waals surface area contributed by atoms with Crippen LogP contribution in [0.1, 0.15) is 35.3 Å². The van der Waals surface area contributed by atoms with Crippen LogP contribution in [0.5, 0.6) is 0 Å². The first-order valence-electron chi connectivity index (χ1n) is 6.15. The fraction of sp³-hybridized carbons (Fsp3) is 0.267. The van der Waals surface area contributed by atoms with Gasteiger partial charge in [-0.25, -0.2) is 9.59 Å². The molecule has 0 saturated carbocycles. The number of carboxylic acids is 1. The van der Waals surface area contributed by atoms with Gasteiger partial charge in [0.2, 0.25) is 0 Å². The Morgan fingerprint density at radius 2 is 2.00 bits per heavy atom. The number of hydrogen-bond donors (Lipinski definition) is 1. The molecule has 0 saturated heterocycles. The Morgan fingerprint density at radius 1 is 1.30 bits per heavy atom. The quantitative estimate of drug-likeness (QED) is 0.635. The number of aliphatic carboxylic acids is 1. The van der Waals surface area contributed by atoms with E-state index < -0.39 is 11.9 Å². The van der Waals surface area contributed by atoms with Crippen LogP contribution in [-0.2, 0) is 20.7 Å². The van der Waals surface area contributed by atoms with E-state index in [2.05, 4.69) is 0 Å². The summed E-state index contributed by atoms with van der Waals surface area (Å²) in [4.78, 5) is 33.8. The van der Waals surface area contributed by atoms with E-state index in [1.165, 1.54) is 13.0 Å². The van der Waals surface area contributed by atoms with E-state index in [1.54, 1.807) is 25.1 Å². The number of esters is 1.